The lowest BCUT2D eigenvalue weighted by atomic mass is 9.76. The van der Waals surface area contributed by atoms with Gasteiger partial charge in [0.05, 0.1) is 5.92 Å². The molecule has 1 aliphatic rings. The SMILES string of the molecule is C#CC(C1=CC(c2cc(C(/C=C\C)=C/C=C)cc(-c3ccccc3)c2)=CCC1C)c1cc(-c2cc(-c3ccccc3)cc(-c3ccccc3)c2)ccc1C=C.CC. The van der Waals surface area contributed by atoms with Gasteiger partial charge in [-0.25, -0.2) is 0 Å². The summed E-state index contributed by atoms with van der Waals surface area (Å²) in [5, 5.41) is 0. The first-order valence-electron chi connectivity index (χ1n) is 20.1. The Balaban J connectivity index is 0.00000270. The Hall–Kier alpha value is -6.68. The van der Waals surface area contributed by atoms with Crippen LogP contribution in [0, 0.1) is 18.3 Å². The van der Waals surface area contributed by atoms with E-state index in [-0.39, 0.29) is 11.8 Å². The van der Waals surface area contributed by atoms with E-state index < -0.39 is 0 Å². The Bertz CT molecular complexity index is 2440. The van der Waals surface area contributed by atoms with Gasteiger partial charge in [-0.15, -0.1) is 6.42 Å². The zero-order chi connectivity index (χ0) is 40.1. The maximum absolute atomic E-state index is 6.56. The predicted molar refractivity (Wildman–Crippen MR) is 250 cm³/mol. The van der Waals surface area contributed by atoms with Gasteiger partial charge in [0.15, 0.2) is 0 Å². The van der Waals surface area contributed by atoms with Crippen molar-refractivity contribution in [3.8, 4) is 56.9 Å². The number of terminal acetylenes is 1. The lowest BCUT2D eigenvalue weighted by Crippen LogP contribution is -2.13. The van der Waals surface area contributed by atoms with Gasteiger partial charge < -0.3 is 0 Å². The molecule has 0 N–H and O–H groups in total. The molecule has 0 saturated carbocycles. The lowest BCUT2D eigenvalue weighted by molar-refractivity contribution is 0.651. The molecule has 0 aromatic heterocycles. The van der Waals surface area contributed by atoms with Crippen LogP contribution in [0.2, 0.25) is 0 Å². The van der Waals surface area contributed by atoms with Gasteiger partial charge in [0.1, 0.15) is 0 Å². The van der Waals surface area contributed by atoms with E-state index in [0.29, 0.717) is 0 Å². The van der Waals surface area contributed by atoms with Crippen molar-refractivity contribution >= 4 is 17.2 Å². The molecule has 0 spiro atoms. The molecule has 0 saturated heterocycles. The molecule has 7 rings (SSSR count). The zero-order valence-corrected chi connectivity index (χ0v) is 33.8. The summed E-state index contributed by atoms with van der Waals surface area (Å²) in [6, 6.07) is 52.2. The van der Waals surface area contributed by atoms with Crippen LogP contribution in [0.3, 0.4) is 0 Å². The maximum Gasteiger partial charge on any atom is 0.0671 e. The van der Waals surface area contributed by atoms with Crippen molar-refractivity contribution in [2.24, 2.45) is 5.92 Å². The number of hydrogen-bond acceptors (Lipinski definition) is 0. The van der Waals surface area contributed by atoms with E-state index in [4.69, 9.17) is 6.42 Å². The molecule has 0 heteroatoms. The molecule has 0 aliphatic heterocycles. The van der Waals surface area contributed by atoms with E-state index in [1.165, 1.54) is 50.1 Å². The topological polar surface area (TPSA) is 0 Å². The monoisotopic (exact) mass is 736 g/mol. The minimum Gasteiger partial charge on any atom is -0.119 e. The third kappa shape index (κ3) is 9.24. The first-order valence-corrected chi connectivity index (χ1v) is 20.1. The molecule has 6 aromatic rings. The number of benzene rings is 6. The normalized spacial score (nSPS) is 14.4. The van der Waals surface area contributed by atoms with Crippen LogP contribution in [-0.2, 0) is 0 Å². The Morgan fingerprint density at radius 3 is 1.67 bits per heavy atom. The van der Waals surface area contributed by atoms with Crippen molar-refractivity contribution in [2.75, 3.05) is 0 Å². The zero-order valence-electron chi connectivity index (χ0n) is 33.8. The summed E-state index contributed by atoms with van der Waals surface area (Å²) in [6.45, 7) is 16.6. The van der Waals surface area contributed by atoms with Crippen LogP contribution >= 0.6 is 0 Å². The van der Waals surface area contributed by atoms with Crippen LogP contribution < -0.4 is 0 Å². The molecule has 0 fully saturated rings. The second-order valence-electron chi connectivity index (χ2n) is 14.1. The summed E-state index contributed by atoms with van der Waals surface area (Å²) >= 11 is 0. The van der Waals surface area contributed by atoms with Crippen molar-refractivity contribution < 1.29 is 0 Å². The molecule has 2 atom stereocenters. The highest BCUT2D eigenvalue weighted by atomic mass is 14.3. The molecule has 0 heterocycles. The molecule has 1 aliphatic carbocycles. The van der Waals surface area contributed by atoms with Gasteiger partial charge in [-0.05, 0) is 145 Å². The first kappa shape index (κ1) is 40.0. The number of rotatable bonds is 11. The highest BCUT2D eigenvalue weighted by Gasteiger charge is 2.25. The van der Waals surface area contributed by atoms with Crippen LogP contribution in [0.5, 0.6) is 0 Å². The highest BCUT2D eigenvalue weighted by Crippen LogP contribution is 2.42. The summed E-state index contributed by atoms with van der Waals surface area (Å²) in [5.41, 5.74) is 17.4. The highest BCUT2D eigenvalue weighted by molar-refractivity contribution is 5.86. The molecule has 0 nitrogen and oxygen atoms in total. The first-order chi connectivity index (χ1) is 28.0. The van der Waals surface area contributed by atoms with Crippen LogP contribution in [0.4, 0.5) is 0 Å². The van der Waals surface area contributed by atoms with Gasteiger partial charge in [0.25, 0.3) is 0 Å². The fraction of sp³-hybridized carbons (Fsp3) is 0.123. The summed E-state index contributed by atoms with van der Waals surface area (Å²) in [4.78, 5) is 0. The third-order valence-electron chi connectivity index (χ3n) is 10.5. The molecule has 280 valence electrons. The lowest BCUT2D eigenvalue weighted by Gasteiger charge is -2.27. The summed E-state index contributed by atoms with van der Waals surface area (Å²) in [5.74, 6) is 3.29. The molecule has 2 unspecified atom stereocenters. The second-order valence-corrected chi connectivity index (χ2v) is 14.1. The standard InChI is InChI=1S/C55H46.C2H6/c1-6-19-41(20-7-2)47-31-48(42-21-13-10-14-22-42)34-51(33-47)45-28-27-39(5)54(37-45)53(9-4)55-38-46(30-29-40(55)8-3)52-35-49(43-23-15-11-16-24-43)32-50(36-52)44-25-17-12-18-26-44;1-2/h4,6-8,10-26,28-39,53H,1,3,27H2,2,5H3;1-2H3/b20-7-,41-19+;. The van der Waals surface area contributed by atoms with Crippen molar-refractivity contribution in [1.29, 1.82) is 0 Å². The van der Waals surface area contributed by atoms with E-state index >= 15 is 0 Å². The summed E-state index contributed by atoms with van der Waals surface area (Å²) < 4.78 is 0. The Labute approximate surface area is 341 Å². The van der Waals surface area contributed by atoms with E-state index in [2.05, 4.69) is 202 Å². The minimum absolute atomic E-state index is 0.228. The minimum atomic E-state index is -0.228. The van der Waals surface area contributed by atoms with Gasteiger partial charge >= 0.3 is 0 Å². The van der Waals surface area contributed by atoms with Crippen LogP contribution in [-0.4, -0.2) is 0 Å². The summed E-state index contributed by atoms with van der Waals surface area (Å²) in [6.07, 6.45) is 22.3. The fourth-order valence-corrected chi connectivity index (χ4v) is 7.65. The van der Waals surface area contributed by atoms with Gasteiger partial charge in [-0.1, -0.05) is 186 Å². The third-order valence-corrected chi connectivity index (χ3v) is 10.5. The molecule has 0 radical (unpaired) electrons. The van der Waals surface area contributed by atoms with Crippen LogP contribution in [0.1, 0.15) is 62.3 Å². The number of allylic oxidation sites excluding steroid dienone is 9. The van der Waals surface area contributed by atoms with E-state index in [0.717, 1.165) is 39.8 Å². The van der Waals surface area contributed by atoms with Crippen molar-refractivity contribution in [3.63, 3.8) is 0 Å². The van der Waals surface area contributed by atoms with Crippen molar-refractivity contribution in [1.82, 2.24) is 0 Å². The maximum atomic E-state index is 6.56. The van der Waals surface area contributed by atoms with Crippen molar-refractivity contribution in [2.45, 2.75) is 40.0 Å². The molecular formula is C57H52. The average Bonchev–Trinajstić information content (AvgIpc) is 3.28. The number of hydrogen-bond donors (Lipinski definition) is 0. The van der Waals surface area contributed by atoms with Gasteiger partial charge in [0.2, 0.25) is 0 Å². The largest absolute Gasteiger partial charge is 0.119 e. The Morgan fingerprint density at radius 1 is 0.649 bits per heavy atom. The van der Waals surface area contributed by atoms with Gasteiger partial charge in [-0.3, -0.25) is 0 Å². The molecule has 6 aromatic carbocycles. The Morgan fingerprint density at radius 2 is 1.16 bits per heavy atom. The van der Waals surface area contributed by atoms with Crippen LogP contribution in [0.15, 0.2) is 201 Å². The summed E-state index contributed by atoms with van der Waals surface area (Å²) in [7, 11) is 0. The van der Waals surface area contributed by atoms with Gasteiger partial charge in [0, 0.05) is 0 Å². The van der Waals surface area contributed by atoms with E-state index in [1.54, 1.807) is 0 Å². The smallest absolute Gasteiger partial charge is 0.0671 e. The molecule has 0 amide bonds. The van der Waals surface area contributed by atoms with Crippen molar-refractivity contribution in [3.05, 3.63) is 223 Å². The van der Waals surface area contributed by atoms with E-state index in [1.807, 2.05) is 32.9 Å². The molecule has 57 heavy (non-hydrogen) atoms. The van der Waals surface area contributed by atoms with Crippen LogP contribution in [0.25, 0.3) is 61.7 Å². The van der Waals surface area contributed by atoms with Gasteiger partial charge in [-0.2, -0.15) is 0 Å². The Kier molecular flexibility index (Phi) is 13.5. The molecular weight excluding hydrogens is 685 g/mol. The average molecular weight is 737 g/mol. The fourth-order valence-electron chi connectivity index (χ4n) is 7.65. The predicted octanol–water partition coefficient (Wildman–Crippen LogP) is 15.9. The molecule has 0 bridgehead atoms. The van der Waals surface area contributed by atoms with E-state index in [9.17, 15) is 0 Å². The quantitative estimate of drug-likeness (QED) is 0.0918. The second kappa shape index (κ2) is 19.3.